The van der Waals surface area contributed by atoms with Crippen LogP contribution in [0.2, 0.25) is 0 Å². The molecule has 1 rings (SSSR count). The van der Waals surface area contributed by atoms with Crippen molar-refractivity contribution in [3.8, 4) is 0 Å². The fourth-order valence-corrected chi connectivity index (χ4v) is 1.50. The maximum absolute atomic E-state index is 12.0. The first-order valence-electron chi connectivity index (χ1n) is 4.59. The molecule has 0 N–H and O–H groups in total. The highest BCUT2D eigenvalue weighted by Gasteiger charge is 2.34. The summed E-state index contributed by atoms with van der Waals surface area (Å²) in [6.07, 6.45) is 0.185. The second-order valence-electron chi connectivity index (χ2n) is 3.33. The van der Waals surface area contributed by atoms with Crippen LogP contribution in [-0.2, 0) is 4.74 Å². The molecular formula is C10H13F3O. The molecule has 4 heteroatoms. The minimum Gasteiger partial charge on any atom is -0.410 e. The molecule has 0 saturated carbocycles. The zero-order valence-corrected chi connectivity index (χ0v) is 8.19. The van der Waals surface area contributed by atoms with Crippen LogP contribution in [0.4, 0.5) is 13.2 Å². The van der Waals surface area contributed by atoms with Crippen molar-refractivity contribution < 1.29 is 17.9 Å². The smallest absolute Gasteiger partial charge is 0.410 e. The number of ether oxygens (including phenoxy) is 1. The van der Waals surface area contributed by atoms with Crippen LogP contribution >= 0.6 is 0 Å². The Morgan fingerprint density at radius 3 is 2.64 bits per heavy atom. The minimum absolute atomic E-state index is 0.0718. The van der Waals surface area contributed by atoms with Crippen molar-refractivity contribution >= 4 is 0 Å². The number of rotatable bonds is 2. The van der Waals surface area contributed by atoms with Gasteiger partial charge in [-0.05, 0) is 18.4 Å². The Kier molecular flexibility index (Phi) is 3.24. The molecule has 0 bridgehead atoms. The third-order valence-corrected chi connectivity index (χ3v) is 2.18. The van der Waals surface area contributed by atoms with E-state index in [0.29, 0.717) is 18.4 Å². The fourth-order valence-electron chi connectivity index (χ4n) is 1.50. The lowest BCUT2D eigenvalue weighted by molar-refractivity contribution is -0.309. The van der Waals surface area contributed by atoms with E-state index >= 15 is 0 Å². The lowest BCUT2D eigenvalue weighted by Crippen LogP contribution is -2.19. The van der Waals surface area contributed by atoms with Crippen molar-refractivity contribution in [3.63, 3.8) is 0 Å². The van der Waals surface area contributed by atoms with Gasteiger partial charge < -0.3 is 4.74 Å². The molecule has 0 saturated heterocycles. The molecule has 0 aliphatic heterocycles. The standard InChI is InChI=1S/C10H13F3O/c1-3-8-6-4-5-7(2)9(8)14-10(11,12)13/h4,6-7H,3,5H2,1-2H3. The van der Waals surface area contributed by atoms with Crippen LogP contribution in [0, 0.1) is 5.92 Å². The number of alkyl halides is 3. The third kappa shape index (κ3) is 2.79. The Bertz CT molecular complexity index is 263. The summed E-state index contributed by atoms with van der Waals surface area (Å²) in [5, 5.41) is 0. The van der Waals surface area contributed by atoms with Gasteiger partial charge >= 0.3 is 6.36 Å². The molecule has 1 aliphatic carbocycles. The Labute approximate surface area is 81.2 Å². The SMILES string of the molecule is CCC1=C(OC(F)(F)F)C(C)CC=C1. The Balaban J connectivity index is 2.88. The van der Waals surface area contributed by atoms with Crippen LogP contribution in [-0.4, -0.2) is 6.36 Å². The zero-order chi connectivity index (χ0) is 10.8. The summed E-state index contributed by atoms with van der Waals surface area (Å²) in [5.74, 6) is -0.112. The molecule has 0 aromatic heterocycles. The number of allylic oxidation sites excluding steroid dienone is 4. The van der Waals surface area contributed by atoms with Crippen molar-refractivity contribution in [1.82, 2.24) is 0 Å². The van der Waals surface area contributed by atoms with Crippen LogP contribution in [0.5, 0.6) is 0 Å². The monoisotopic (exact) mass is 206 g/mol. The molecule has 0 amide bonds. The molecule has 0 fully saturated rings. The Morgan fingerprint density at radius 2 is 2.14 bits per heavy atom. The summed E-state index contributed by atoms with van der Waals surface area (Å²) >= 11 is 0. The van der Waals surface area contributed by atoms with Gasteiger partial charge in [-0.3, -0.25) is 0 Å². The third-order valence-electron chi connectivity index (χ3n) is 2.18. The minimum atomic E-state index is -4.57. The number of halogens is 3. The molecule has 0 spiro atoms. The van der Waals surface area contributed by atoms with Crippen LogP contribution in [0.1, 0.15) is 26.7 Å². The molecule has 0 aromatic carbocycles. The molecule has 1 atom stereocenters. The highest BCUT2D eigenvalue weighted by atomic mass is 19.4. The summed E-state index contributed by atoms with van der Waals surface area (Å²) < 4.78 is 40.2. The van der Waals surface area contributed by atoms with Gasteiger partial charge in [0.05, 0.1) is 0 Å². The zero-order valence-electron chi connectivity index (χ0n) is 8.19. The van der Waals surface area contributed by atoms with Crippen molar-refractivity contribution in [3.05, 3.63) is 23.5 Å². The van der Waals surface area contributed by atoms with Crippen LogP contribution in [0.25, 0.3) is 0 Å². The van der Waals surface area contributed by atoms with E-state index in [0.717, 1.165) is 0 Å². The molecule has 1 aliphatic rings. The molecule has 0 radical (unpaired) electrons. The van der Waals surface area contributed by atoms with Gasteiger partial charge in [-0.15, -0.1) is 13.2 Å². The predicted octanol–water partition coefficient (Wildman–Crippen LogP) is 3.78. The van der Waals surface area contributed by atoms with Crippen LogP contribution < -0.4 is 0 Å². The first kappa shape index (κ1) is 11.1. The summed E-state index contributed by atoms with van der Waals surface area (Å²) in [6, 6.07) is 0. The van der Waals surface area contributed by atoms with E-state index in [1.807, 2.05) is 13.0 Å². The normalized spacial score (nSPS) is 22.8. The van der Waals surface area contributed by atoms with Gasteiger partial charge in [0.25, 0.3) is 0 Å². The lowest BCUT2D eigenvalue weighted by Gasteiger charge is -2.22. The summed E-state index contributed by atoms with van der Waals surface area (Å²) in [7, 11) is 0. The summed E-state index contributed by atoms with van der Waals surface area (Å²) in [6.45, 7) is 3.55. The van der Waals surface area contributed by atoms with Gasteiger partial charge in [0.15, 0.2) is 0 Å². The second kappa shape index (κ2) is 4.07. The van der Waals surface area contributed by atoms with E-state index in [2.05, 4.69) is 4.74 Å². The molecule has 14 heavy (non-hydrogen) atoms. The van der Waals surface area contributed by atoms with Gasteiger partial charge in [-0.25, -0.2) is 0 Å². The van der Waals surface area contributed by atoms with E-state index < -0.39 is 6.36 Å². The Hall–Kier alpha value is -0.930. The van der Waals surface area contributed by atoms with Crippen molar-refractivity contribution in [2.24, 2.45) is 5.92 Å². The largest absolute Gasteiger partial charge is 0.572 e. The summed E-state index contributed by atoms with van der Waals surface area (Å²) in [4.78, 5) is 0. The highest BCUT2D eigenvalue weighted by molar-refractivity contribution is 5.27. The van der Waals surface area contributed by atoms with E-state index in [9.17, 15) is 13.2 Å². The van der Waals surface area contributed by atoms with E-state index in [4.69, 9.17) is 0 Å². The molecule has 0 aromatic rings. The topological polar surface area (TPSA) is 9.23 Å². The molecule has 1 unspecified atom stereocenters. The van der Waals surface area contributed by atoms with Crippen molar-refractivity contribution in [1.29, 1.82) is 0 Å². The van der Waals surface area contributed by atoms with Crippen molar-refractivity contribution in [2.75, 3.05) is 0 Å². The highest BCUT2D eigenvalue weighted by Crippen LogP contribution is 2.32. The average molecular weight is 206 g/mol. The van der Waals surface area contributed by atoms with Crippen molar-refractivity contribution in [2.45, 2.75) is 33.1 Å². The van der Waals surface area contributed by atoms with Crippen LogP contribution in [0.15, 0.2) is 23.5 Å². The number of hydrogen-bond acceptors (Lipinski definition) is 1. The molecular weight excluding hydrogens is 193 g/mol. The van der Waals surface area contributed by atoms with E-state index in [1.54, 1.807) is 13.0 Å². The fraction of sp³-hybridized carbons (Fsp3) is 0.600. The molecule has 80 valence electrons. The quantitative estimate of drug-likeness (QED) is 0.668. The van der Waals surface area contributed by atoms with Gasteiger partial charge in [0.2, 0.25) is 0 Å². The second-order valence-corrected chi connectivity index (χ2v) is 3.33. The predicted molar refractivity (Wildman–Crippen MR) is 47.4 cm³/mol. The van der Waals surface area contributed by atoms with E-state index in [1.165, 1.54) is 0 Å². The average Bonchev–Trinajstić information content (AvgIpc) is 2.06. The van der Waals surface area contributed by atoms with Gasteiger partial charge in [-0.1, -0.05) is 26.0 Å². The summed E-state index contributed by atoms with van der Waals surface area (Å²) in [5.41, 5.74) is 0.640. The van der Waals surface area contributed by atoms with Gasteiger partial charge in [0, 0.05) is 5.92 Å². The molecule has 1 nitrogen and oxygen atoms in total. The maximum atomic E-state index is 12.0. The molecule has 0 heterocycles. The number of hydrogen-bond donors (Lipinski definition) is 0. The van der Waals surface area contributed by atoms with E-state index in [-0.39, 0.29) is 11.7 Å². The van der Waals surface area contributed by atoms with Gasteiger partial charge in [0.1, 0.15) is 5.76 Å². The van der Waals surface area contributed by atoms with Gasteiger partial charge in [-0.2, -0.15) is 0 Å². The Morgan fingerprint density at radius 1 is 1.50 bits per heavy atom. The first-order valence-corrected chi connectivity index (χ1v) is 4.59. The maximum Gasteiger partial charge on any atom is 0.572 e. The first-order chi connectivity index (χ1) is 6.44. The lowest BCUT2D eigenvalue weighted by atomic mass is 9.94. The van der Waals surface area contributed by atoms with Crippen LogP contribution in [0.3, 0.4) is 0 Å².